The van der Waals surface area contributed by atoms with E-state index in [1.807, 2.05) is 22.6 Å². The van der Waals surface area contributed by atoms with Gasteiger partial charge >= 0.3 is 0 Å². The van der Waals surface area contributed by atoms with Gasteiger partial charge < -0.3 is 0 Å². The zero-order chi connectivity index (χ0) is 10.0. The predicted octanol–water partition coefficient (Wildman–Crippen LogP) is 2.58. The molecule has 0 amide bonds. The molecule has 0 aliphatic carbocycles. The summed E-state index contributed by atoms with van der Waals surface area (Å²) >= 11 is 7.08. The van der Waals surface area contributed by atoms with Gasteiger partial charge in [0.15, 0.2) is 0 Å². The van der Waals surface area contributed by atoms with E-state index in [0.717, 1.165) is 0 Å². The number of carbonyl (C=O) groups excluding carboxylic acids is 1. The zero-order valence-electron chi connectivity index (χ0n) is 6.16. The van der Waals surface area contributed by atoms with Gasteiger partial charge in [-0.2, -0.15) is 0 Å². The van der Waals surface area contributed by atoms with E-state index in [2.05, 4.69) is 0 Å². The third-order valence-electron chi connectivity index (χ3n) is 1.37. The predicted molar refractivity (Wildman–Crippen MR) is 56.0 cm³/mol. The van der Waals surface area contributed by atoms with Gasteiger partial charge in [0.2, 0.25) is 0 Å². The van der Waals surface area contributed by atoms with Crippen molar-refractivity contribution in [2.24, 2.45) is 0 Å². The summed E-state index contributed by atoms with van der Waals surface area (Å²) in [6.45, 7) is 0. The largest absolute Gasteiger partial charge is 0.282 e. The van der Waals surface area contributed by atoms with Crippen LogP contribution in [0.25, 0.3) is 0 Å². The van der Waals surface area contributed by atoms with Crippen LogP contribution in [0.15, 0.2) is 18.2 Å². The Morgan fingerprint density at radius 1 is 1.54 bits per heavy atom. The van der Waals surface area contributed by atoms with E-state index in [4.69, 9.17) is 11.6 Å². The van der Waals surface area contributed by atoms with Gasteiger partial charge in [-0.3, -0.25) is 14.9 Å². The number of nitrogens with zero attached hydrogens (tertiary/aromatic N) is 1. The highest BCUT2D eigenvalue weighted by atomic mass is 127. The molecule has 0 atom stereocenters. The third kappa shape index (κ3) is 2.38. The molecule has 0 saturated carbocycles. The van der Waals surface area contributed by atoms with Crippen LogP contribution in [-0.4, -0.2) is 10.2 Å². The minimum atomic E-state index is -0.817. The lowest BCUT2D eigenvalue weighted by Gasteiger charge is -1.97. The van der Waals surface area contributed by atoms with Crippen molar-refractivity contribution in [3.05, 3.63) is 37.4 Å². The molecule has 0 saturated heterocycles. The van der Waals surface area contributed by atoms with Gasteiger partial charge in [0.05, 0.1) is 4.92 Å². The number of halogens is 2. The van der Waals surface area contributed by atoms with E-state index < -0.39 is 10.2 Å². The first kappa shape index (κ1) is 10.4. The van der Waals surface area contributed by atoms with Gasteiger partial charge in [-0.1, -0.05) is 0 Å². The highest BCUT2D eigenvalue weighted by Gasteiger charge is 2.18. The number of benzene rings is 1. The molecule has 0 unspecified atom stereocenters. The average Bonchev–Trinajstić information content (AvgIpc) is 2.03. The van der Waals surface area contributed by atoms with Crippen molar-refractivity contribution >= 4 is 45.1 Å². The fraction of sp³-hybridized carbons (Fsp3) is 0. The second kappa shape index (κ2) is 4.01. The summed E-state index contributed by atoms with van der Waals surface area (Å²) in [7, 11) is 0. The van der Waals surface area contributed by atoms with E-state index in [9.17, 15) is 14.9 Å². The van der Waals surface area contributed by atoms with Gasteiger partial charge in [-0.25, -0.2) is 0 Å². The SMILES string of the molecule is O=C(Cl)c1ccc(I)cc1[N+](=O)[O-]. The van der Waals surface area contributed by atoms with Crippen molar-refractivity contribution in [1.29, 1.82) is 0 Å². The molecule has 4 nitrogen and oxygen atoms in total. The van der Waals surface area contributed by atoms with Crippen LogP contribution in [0.1, 0.15) is 10.4 Å². The molecular weight excluding hydrogens is 308 g/mol. The van der Waals surface area contributed by atoms with Crippen molar-refractivity contribution in [2.45, 2.75) is 0 Å². The van der Waals surface area contributed by atoms with Crippen molar-refractivity contribution in [3.63, 3.8) is 0 Å². The minimum Gasteiger partial charge on any atom is -0.275 e. The number of nitro groups is 1. The average molecular weight is 311 g/mol. The second-order valence-electron chi connectivity index (χ2n) is 2.19. The fourth-order valence-corrected chi connectivity index (χ4v) is 1.46. The molecule has 6 heteroatoms. The van der Waals surface area contributed by atoms with Crippen LogP contribution in [0.5, 0.6) is 0 Å². The third-order valence-corrected chi connectivity index (χ3v) is 2.24. The van der Waals surface area contributed by atoms with Crippen molar-refractivity contribution in [2.75, 3.05) is 0 Å². The topological polar surface area (TPSA) is 60.2 Å². The highest BCUT2D eigenvalue weighted by molar-refractivity contribution is 14.1. The molecule has 0 N–H and O–H groups in total. The normalized spacial score (nSPS) is 9.69. The Balaban J connectivity index is 3.35. The lowest BCUT2D eigenvalue weighted by atomic mass is 10.2. The lowest BCUT2D eigenvalue weighted by Crippen LogP contribution is -1.98. The standard InChI is InChI=1S/C7H3ClINO3/c8-7(11)5-2-1-4(9)3-6(5)10(12)13/h1-3H. The first-order valence-corrected chi connectivity index (χ1v) is 4.62. The molecule has 0 aliphatic rings. The lowest BCUT2D eigenvalue weighted by molar-refractivity contribution is -0.385. The van der Waals surface area contributed by atoms with Gasteiger partial charge in [0.25, 0.3) is 10.9 Å². The molecule has 1 rings (SSSR count). The first-order chi connectivity index (χ1) is 6.02. The number of hydrogen-bond donors (Lipinski definition) is 0. The summed E-state index contributed by atoms with van der Waals surface area (Å²) in [6, 6.07) is 4.23. The van der Waals surface area contributed by atoms with Gasteiger partial charge in [-0.05, 0) is 46.3 Å². The first-order valence-electron chi connectivity index (χ1n) is 3.16. The van der Waals surface area contributed by atoms with Crippen LogP contribution < -0.4 is 0 Å². The maximum atomic E-state index is 10.7. The van der Waals surface area contributed by atoms with Gasteiger partial charge in [0, 0.05) is 9.64 Å². The van der Waals surface area contributed by atoms with E-state index in [0.29, 0.717) is 3.57 Å². The fourth-order valence-electron chi connectivity index (χ4n) is 0.822. The number of hydrogen-bond acceptors (Lipinski definition) is 3. The Labute approximate surface area is 92.2 Å². The highest BCUT2D eigenvalue weighted by Crippen LogP contribution is 2.22. The molecule has 68 valence electrons. The Morgan fingerprint density at radius 2 is 2.15 bits per heavy atom. The Bertz CT molecular complexity index is 380. The van der Waals surface area contributed by atoms with E-state index in [-0.39, 0.29) is 11.3 Å². The van der Waals surface area contributed by atoms with E-state index in [1.54, 1.807) is 6.07 Å². The minimum absolute atomic E-state index is 0.0768. The summed E-state index contributed by atoms with van der Waals surface area (Å²) in [6.07, 6.45) is 0. The summed E-state index contributed by atoms with van der Waals surface area (Å²) in [4.78, 5) is 20.6. The molecule has 0 heterocycles. The summed E-state index contributed by atoms with van der Waals surface area (Å²) in [5.41, 5.74) is -0.334. The van der Waals surface area contributed by atoms with E-state index in [1.165, 1.54) is 12.1 Å². The zero-order valence-corrected chi connectivity index (χ0v) is 9.07. The van der Waals surface area contributed by atoms with Crippen LogP contribution in [0, 0.1) is 13.7 Å². The Hall–Kier alpha value is -0.690. The maximum absolute atomic E-state index is 10.7. The summed E-state index contributed by atoms with van der Waals surface area (Å²) in [5.74, 6) is 0. The molecule has 0 radical (unpaired) electrons. The number of rotatable bonds is 2. The van der Waals surface area contributed by atoms with Crippen molar-refractivity contribution in [1.82, 2.24) is 0 Å². The molecule has 1 aromatic carbocycles. The van der Waals surface area contributed by atoms with Gasteiger partial charge in [0.1, 0.15) is 5.56 Å². The summed E-state index contributed by atoms with van der Waals surface area (Å²) < 4.78 is 0.686. The van der Waals surface area contributed by atoms with Crippen LogP contribution in [0.2, 0.25) is 0 Å². The van der Waals surface area contributed by atoms with Crippen molar-refractivity contribution < 1.29 is 9.72 Å². The number of nitro benzene ring substituents is 1. The van der Waals surface area contributed by atoms with Crippen LogP contribution in [-0.2, 0) is 0 Å². The molecular formula is C7H3ClINO3. The Morgan fingerprint density at radius 3 is 2.62 bits per heavy atom. The van der Waals surface area contributed by atoms with E-state index >= 15 is 0 Å². The molecule has 0 spiro atoms. The molecule has 1 aromatic rings. The smallest absolute Gasteiger partial charge is 0.275 e. The molecule has 13 heavy (non-hydrogen) atoms. The molecule has 0 fully saturated rings. The summed E-state index contributed by atoms with van der Waals surface area (Å²) in [5, 5.41) is 9.65. The van der Waals surface area contributed by atoms with Gasteiger partial charge in [-0.15, -0.1) is 0 Å². The Kier molecular flexibility index (Phi) is 3.21. The van der Waals surface area contributed by atoms with Crippen LogP contribution in [0.3, 0.4) is 0 Å². The molecule has 0 bridgehead atoms. The van der Waals surface area contributed by atoms with Crippen molar-refractivity contribution in [3.8, 4) is 0 Å². The quantitative estimate of drug-likeness (QED) is 0.365. The monoisotopic (exact) mass is 311 g/mol. The molecule has 0 aromatic heterocycles. The second-order valence-corrected chi connectivity index (χ2v) is 3.78. The number of carbonyl (C=O) groups is 1. The van der Waals surface area contributed by atoms with Crippen LogP contribution in [0.4, 0.5) is 5.69 Å². The maximum Gasteiger partial charge on any atom is 0.282 e. The molecule has 0 aliphatic heterocycles. The van der Waals surface area contributed by atoms with Crippen LogP contribution >= 0.6 is 34.2 Å².